The van der Waals surface area contributed by atoms with Crippen LogP contribution in [0.25, 0.3) is 0 Å². The summed E-state index contributed by atoms with van der Waals surface area (Å²) < 4.78 is 1.10. The van der Waals surface area contributed by atoms with Crippen molar-refractivity contribution >= 4 is 39.9 Å². The number of anilines is 2. The van der Waals surface area contributed by atoms with Gasteiger partial charge in [0.2, 0.25) is 0 Å². The van der Waals surface area contributed by atoms with Gasteiger partial charge in [0, 0.05) is 21.5 Å². The molecule has 21 heavy (non-hydrogen) atoms. The maximum absolute atomic E-state index is 12.4. The lowest BCUT2D eigenvalue weighted by atomic mass is 10.1. The van der Waals surface area contributed by atoms with Crippen molar-refractivity contribution in [1.82, 2.24) is 0 Å². The van der Waals surface area contributed by atoms with E-state index >= 15 is 0 Å². The number of benzene rings is 2. The smallest absolute Gasteiger partial charge is 0.257 e. The van der Waals surface area contributed by atoms with Gasteiger partial charge in [-0.1, -0.05) is 31.5 Å². The van der Waals surface area contributed by atoms with Crippen LogP contribution in [-0.4, -0.2) is 12.5 Å². The first kappa shape index (κ1) is 15.8. The molecule has 0 saturated carbocycles. The predicted molar refractivity (Wildman–Crippen MR) is 97.0 cm³/mol. The monoisotopic (exact) mass is 394 g/mol. The largest absolute Gasteiger partial charge is 0.384 e. The molecule has 1 amide bonds. The van der Waals surface area contributed by atoms with Crippen molar-refractivity contribution in [1.29, 1.82) is 0 Å². The van der Waals surface area contributed by atoms with Crippen LogP contribution in [0.1, 0.15) is 30.1 Å². The van der Waals surface area contributed by atoms with Gasteiger partial charge in [-0.05, 0) is 59.3 Å². The number of unbranched alkanes of at least 4 members (excludes halogenated alkanes) is 1. The second-order valence-corrected chi connectivity index (χ2v) is 6.04. The summed E-state index contributed by atoms with van der Waals surface area (Å²) in [5.74, 6) is -0.0865. The van der Waals surface area contributed by atoms with Crippen molar-refractivity contribution in [3.8, 4) is 0 Å². The van der Waals surface area contributed by atoms with Crippen LogP contribution in [0.2, 0.25) is 0 Å². The molecule has 0 spiro atoms. The van der Waals surface area contributed by atoms with Gasteiger partial charge in [0.05, 0.1) is 5.56 Å². The molecular weight excluding hydrogens is 375 g/mol. The Labute approximate surface area is 139 Å². The number of halogens is 1. The lowest BCUT2D eigenvalue weighted by molar-refractivity contribution is 0.102. The van der Waals surface area contributed by atoms with Gasteiger partial charge in [0.15, 0.2) is 0 Å². The van der Waals surface area contributed by atoms with Crippen molar-refractivity contribution in [2.75, 3.05) is 17.2 Å². The van der Waals surface area contributed by atoms with E-state index in [4.69, 9.17) is 0 Å². The minimum Gasteiger partial charge on any atom is -0.384 e. The van der Waals surface area contributed by atoms with Crippen molar-refractivity contribution < 1.29 is 4.79 Å². The minimum absolute atomic E-state index is 0.0865. The molecule has 4 heteroatoms. The molecule has 2 rings (SSSR count). The predicted octanol–water partition coefficient (Wildman–Crippen LogP) is 4.76. The second kappa shape index (κ2) is 8.02. The van der Waals surface area contributed by atoms with Crippen LogP contribution in [0.15, 0.2) is 48.5 Å². The third-order valence-electron chi connectivity index (χ3n) is 3.10. The molecule has 2 aromatic rings. The molecule has 0 atom stereocenters. The highest BCUT2D eigenvalue weighted by atomic mass is 127. The Hall–Kier alpha value is -1.56. The van der Waals surface area contributed by atoms with Gasteiger partial charge in [0.1, 0.15) is 0 Å². The number of carbonyl (C=O) groups is 1. The van der Waals surface area contributed by atoms with E-state index < -0.39 is 0 Å². The molecule has 2 aromatic carbocycles. The first-order valence-electron chi connectivity index (χ1n) is 7.10. The van der Waals surface area contributed by atoms with Gasteiger partial charge >= 0.3 is 0 Å². The van der Waals surface area contributed by atoms with E-state index in [1.807, 2.05) is 48.5 Å². The van der Waals surface area contributed by atoms with E-state index in [-0.39, 0.29) is 5.91 Å². The van der Waals surface area contributed by atoms with E-state index in [1.54, 1.807) is 0 Å². The fourth-order valence-electron chi connectivity index (χ4n) is 2.00. The Morgan fingerprint density at radius 3 is 2.71 bits per heavy atom. The number of amides is 1. The van der Waals surface area contributed by atoms with Crippen molar-refractivity contribution in [2.24, 2.45) is 0 Å². The third-order valence-corrected chi connectivity index (χ3v) is 3.77. The van der Waals surface area contributed by atoms with E-state index in [9.17, 15) is 4.79 Å². The van der Waals surface area contributed by atoms with Crippen LogP contribution in [0.5, 0.6) is 0 Å². The molecule has 0 aliphatic carbocycles. The number of hydrogen-bond donors (Lipinski definition) is 2. The molecule has 0 aliphatic heterocycles. The zero-order valence-corrected chi connectivity index (χ0v) is 14.2. The van der Waals surface area contributed by atoms with E-state index in [2.05, 4.69) is 40.1 Å². The molecule has 0 radical (unpaired) electrons. The van der Waals surface area contributed by atoms with Gasteiger partial charge in [0.25, 0.3) is 5.91 Å². The summed E-state index contributed by atoms with van der Waals surface area (Å²) in [6.45, 7) is 3.03. The summed E-state index contributed by atoms with van der Waals surface area (Å²) in [6, 6.07) is 15.4. The van der Waals surface area contributed by atoms with E-state index in [1.165, 1.54) is 0 Å². The number of carbonyl (C=O) groups excluding carboxylic acids is 1. The quantitative estimate of drug-likeness (QED) is 0.548. The molecular formula is C17H19IN2O. The fourth-order valence-corrected chi connectivity index (χ4v) is 2.54. The van der Waals surface area contributed by atoms with Gasteiger partial charge in [-0.3, -0.25) is 4.79 Å². The van der Waals surface area contributed by atoms with Crippen LogP contribution >= 0.6 is 22.6 Å². The first-order valence-corrected chi connectivity index (χ1v) is 8.18. The molecule has 0 aromatic heterocycles. The van der Waals surface area contributed by atoms with Gasteiger partial charge in [-0.2, -0.15) is 0 Å². The Kier molecular flexibility index (Phi) is 6.04. The average molecular weight is 394 g/mol. The Bertz CT molecular complexity index is 613. The summed E-state index contributed by atoms with van der Waals surface area (Å²) in [7, 11) is 0. The molecule has 3 nitrogen and oxygen atoms in total. The van der Waals surface area contributed by atoms with Crippen LogP contribution in [0.4, 0.5) is 11.4 Å². The van der Waals surface area contributed by atoms with Crippen LogP contribution in [-0.2, 0) is 0 Å². The number of nitrogens with one attached hydrogen (secondary N) is 2. The Balaban J connectivity index is 2.11. The summed E-state index contributed by atoms with van der Waals surface area (Å²) in [5, 5.41) is 6.28. The van der Waals surface area contributed by atoms with Crippen LogP contribution < -0.4 is 10.6 Å². The van der Waals surface area contributed by atoms with Crippen LogP contribution in [0, 0.1) is 3.57 Å². The lowest BCUT2D eigenvalue weighted by Gasteiger charge is -2.12. The molecule has 0 bridgehead atoms. The minimum atomic E-state index is -0.0865. The van der Waals surface area contributed by atoms with Crippen molar-refractivity contribution in [3.05, 3.63) is 57.7 Å². The third kappa shape index (κ3) is 4.74. The highest BCUT2D eigenvalue weighted by Crippen LogP contribution is 2.18. The number of hydrogen-bond acceptors (Lipinski definition) is 2. The van der Waals surface area contributed by atoms with Gasteiger partial charge in [-0.15, -0.1) is 0 Å². The molecule has 0 heterocycles. The molecule has 0 saturated heterocycles. The molecule has 0 aliphatic rings. The summed E-state index contributed by atoms with van der Waals surface area (Å²) in [4.78, 5) is 12.4. The second-order valence-electron chi connectivity index (χ2n) is 4.79. The van der Waals surface area contributed by atoms with E-state index in [0.29, 0.717) is 5.56 Å². The Morgan fingerprint density at radius 1 is 1.14 bits per heavy atom. The average Bonchev–Trinajstić information content (AvgIpc) is 2.48. The molecule has 2 N–H and O–H groups in total. The SMILES string of the molecule is CCCCNc1ccccc1C(=O)Nc1cccc(I)c1. The zero-order valence-electron chi connectivity index (χ0n) is 12.0. The van der Waals surface area contributed by atoms with Crippen LogP contribution in [0.3, 0.4) is 0 Å². The molecule has 0 unspecified atom stereocenters. The Morgan fingerprint density at radius 2 is 1.95 bits per heavy atom. The highest BCUT2D eigenvalue weighted by molar-refractivity contribution is 14.1. The normalized spacial score (nSPS) is 10.2. The number of rotatable bonds is 6. The van der Waals surface area contributed by atoms with Gasteiger partial charge < -0.3 is 10.6 Å². The summed E-state index contributed by atoms with van der Waals surface area (Å²) >= 11 is 2.23. The van der Waals surface area contributed by atoms with Gasteiger partial charge in [-0.25, -0.2) is 0 Å². The fraction of sp³-hybridized carbons (Fsp3) is 0.235. The first-order chi connectivity index (χ1) is 10.2. The topological polar surface area (TPSA) is 41.1 Å². The lowest BCUT2D eigenvalue weighted by Crippen LogP contribution is -2.15. The number of para-hydroxylation sites is 1. The molecule has 110 valence electrons. The molecule has 0 fully saturated rings. The van der Waals surface area contributed by atoms with E-state index in [0.717, 1.165) is 34.3 Å². The summed E-state index contributed by atoms with van der Waals surface area (Å²) in [6.07, 6.45) is 2.22. The highest BCUT2D eigenvalue weighted by Gasteiger charge is 2.10. The maximum Gasteiger partial charge on any atom is 0.257 e. The summed E-state index contributed by atoms with van der Waals surface area (Å²) in [5.41, 5.74) is 2.37. The van der Waals surface area contributed by atoms with Crippen molar-refractivity contribution in [2.45, 2.75) is 19.8 Å². The van der Waals surface area contributed by atoms with Crippen molar-refractivity contribution in [3.63, 3.8) is 0 Å². The maximum atomic E-state index is 12.4. The standard InChI is InChI=1S/C17H19IN2O/c1-2-3-11-19-16-10-5-4-9-15(16)17(21)20-14-8-6-7-13(18)12-14/h4-10,12,19H,2-3,11H2,1H3,(H,20,21). The zero-order chi connectivity index (χ0) is 15.1.